The molecule has 0 bridgehead atoms. The Morgan fingerprint density at radius 2 is 2.22 bits per heavy atom. The largest absolute Gasteiger partial charge is 0.566 e. The van der Waals surface area contributed by atoms with Crippen molar-refractivity contribution in [1.82, 2.24) is 0 Å². The van der Waals surface area contributed by atoms with Crippen molar-refractivity contribution in [3.63, 3.8) is 0 Å². The van der Waals surface area contributed by atoms with E-state index in [4.69, 9.17) is 0 Å². The van der Waals surface area contributed by atoms with Gasteiger partial charge in [-0.25, -0.2) is 0 Å². The van der Waals surface area contributed by atoms with Crippen molar-refractivity contribution in [2.45, 2.75) is 13.0 Å². The van der Waals surface area contributed by atoms with Crippen LogP contribution in [-0.4, -0.2) is 12.1 Å². The van der Waals surface area contributed by atoms with E-state index < -0.39 is 20.3 Å². The van der Waals surface area contributed by atoms with Crippen LogP contribution >= 0.6 is 8.25 Å². The summed E-state index contributed by atoms with van der Waals surface area (Å²) in [6.07, 6.45) is -1.40. The molecule has 9 heavy (non-hydrogen) atoms. The van der Waals surface area contributed by atoms with Gasteiger partial charge in [-0.1, -0.05) is 0 Å². The molecule has 6 heteroatoms. The summed E-state index contributed by atoms with van der Waals surface area (Å²) in [5, 5.41) is 9.73. The molecule has 0 aromatic heterocycles. The average molecular weight is 151 g/mol. The maximum Gasteiger partial charge on any atom is 0.489 e. The molecule has 0 N–H and O–H groups in total. The van der Waals surface area contributed by atoms with Crippen LogP contribution in [0.5, 0.6) is 0 Å². The molecule has 1 unspecified atom stereocenters. The first-order valence-electron chi connectivity index (χ1n) is 2.06. The van der Waals surface area contributed by atoms with Gasteiger partial charge in [-0.05, 0) is 11.5 Å². The normalized spacial score (nSPS) is 14.7. The Labute approximate surface area is 52.2 Å². The summed E-state index contributed by atoms with van der Waals surface area (Å²) in [6.45, 7) is 1.07. The Kier molecular flexibility index (Phi) is 3.30. The van der Waals surface area contributed by atoms with Crippen LogP contribution in [0.2, 0.25) is 0 Å². The maximum absolute atomic E-state index is 9.73. The van der Waals surface area contributed by atoms with Crippen LogP contribution in [0.1, 0.15) is 6.92 Å². The molecule has 0 amide bonds. The minimum Gasteiger partial charge on any atom is -0.566 e. The van der Waals surface area contributed by atoms with Crippen LogP contribution in [0.4, 0.5) is 0 Å². The zero-order chi connectivity index (χ0) is 7.44. The average Bonchev–Trinajstić information content (AvgIpc) is 1.63. The Balaban J connectivity index is 3.63. The van der Waals surface area contributed by atoms with Gasteiger partial charge in [0.25, 0.3) is 0 Å². The Bertz CT molecular complexity index is 132. The van der Waals surface area contributed by atoms with E-state index in [0.717, 1.165) is 6.92 Å². The van der Waals surface area contributed by atoms with Gasteiger partial charge in [0.2, 0.25) is 0 Å². The third-order valence-corrected chi connectivity index (χ3v) is 1.06. The monoisotopic (exact) mass is 151 g/mol. The molecule has 0 radical (unpaired) electrons. The Hall–Kier alpha value is -0.510. The molecule has 0 aliphatic rings. The first kappa shape index (κ1) is 8.49. The SMILES string of the molecule is C[C@H](O[P+](=O)[O-])C(=O)[O-]. The van der Waals surface area contributed by atoms with E-state index in [0.29, 0.717) is 0 Å². The molecular formula is C3H4O5P-. The first-order valence-corrected chi connectivity index (χ1v) is 3.15. The molecule has 0 aliphatic heterocycles. The van der Waals surface area contributed by atoms with Crippen LogP contribution in [0.15, 0.2) is 0 Å². The van der Waals surface area contributed by atoms with E-state index in [1.165, 1.54) is 0 Å². The van der Waals surface area contributed by atoms with Gasteiger partial charge in [0, 0.05) is 0 Å². The molecule has 0 saturated heterocycles. The van der Waals surface area contributed by atoms with Gasteiger partial charge in [0.05, 0.1) is 5.97 Å². The van der Waals surface area contributed by atoms with Crippen molar-refractivity contribution >= 4 is 14.2 Å². The lowest BCUT2D eigenvalue weighted by Gasteiger charge is -2.04. The highest BCUT2D eigenvalue weighted by Crippen LogP contribution is 2.11. The second-order valence-corrected chi connectivity index (χ2v) is 1.95. The van der Waals surface area contributed by atoms with Crippen LogP contribution in [-0.2, 0) is 13.9 Å². The summed E-state index contributed by atoms with van der Waals surface area (Å²) in [7, 11) is -3.09. The molecule has 0 saturated carbocycles. The highest BCUT2D eigenvalue weighted by molar-refractivity contribution is 7.30. The molecule has 0 fully saturated rings. The highest BCUT2D eigenvalue weighted by atomic mass is 31.1. The molecule has 0 spiro atoms. The second kappa shape index (κ2) is 3.50. The Morgan fingerprint density at radius 3 is 2.33 bits per heavy atom. The van der Waals surface area contributed by atoms with Gasteiger partial charge in [0.1, 0.15) is 6.10 Å². The molecule has 2 atom stereocenters. The molecule has 0 aliphatic carbocycles. The lowest BCUT2D eigenvalue weighted by atomic mass is 10.4. The number of carboxylic acids is 1. The van der Waals surface area contributed by atoms with Crippen LogP contribution in [0, 0.1) is 0 Å². The number of carbonyl (C=O) groups is 1. The van der Waals surface area contributed by atoms with Gasteiger partial charge >= 0.3 is 8.25 Å². The lowest BCUT2D eigenvalue weighted by Crippen LogP contribution is -2.34. The zero-order valence-electron chi connectivity index (χ0n) is 4.57. The smallest absolute Gasteiger partial charge is 0.489 e. The summed E-state index contributed by atoms with van der Waals surface area (Å²) >= 11 is 0. The van der Waals surface area contributed by atoms with Gasteiger partial charge in [0.15, 0.2) is 0 Å². The van der Waals surface area contributed by atoms with Crippen LogP contribution < -0.4 is 10.00 Å². The van der Waals surface area contributed by atoms with Gasteiger partial charge < -0.3 is 14.8 Å². The van der Waals surface area contributed by atoms with Crippen molar-refractivity contribution in [3.05, 3.63) is 0 Å². The summed E-state index contributed by atoms with van der Waals surface area (Å²) in [5.41, 5.74) is 0. The van der Waals surface area contributed by atoms with E-state index >= 15 is 0 Å². The molecule has 0 aromatic rings. The molecule has 5 nitrogen and oxygen atoms in total. The van der Waals surface area contributed by atoms with E-state index in [2.05, 4.69) is 4.52 Å². The fourth-order valence-electron chi connectivity index (χ4n) is 0.172. The standard InChI is InChI=1S/C3H5O5P/c1-2(3(4)5)8-9(6)7/h2H,1H3,(H,4,5)/p-1/t2-/m0/s1. The number of aliphatic carboxylic acids is 1. The minimum absolute atomic E-state index is 1.07. The van der Waals surface area contributed by atoms with Crippen molar-refractivity contribution in [2.75, 3.05) is 0 Å². The van der Waals surface area contributed by atoms with E-state index in [1.807, 2.05) is 0 Å². The highest BCUT2D eigenvalue weighted by Gasteiger charge is 2.11. The topological polar surface area (TPSA) is 89.5 Å². The van der Waals surface area contributed by atoms with Gasteiger partial charge in [-0.3, -0.25) is 0 Å². The van der Waals surface area contributed by atoms with Crippen molar-refractivity contribution < 1.29 is 23.9 Å². The van der Waals surface area contributed by atoms with E-state index in [1.54, 1.807) is 0 Å². The first-order chi connectivity index (χ1) is 4.04. The van der Waals surface area contributed by atoms with Crippen molar-refractivity contribution in [1.29, 1.82) is 0 Å². The van der Waals surface area contributed by atoms with Crippen LogP contribution in [0.3, 0.4) is 0 Å². The van der Waals surface area contributed by atoms with Gasteiger partial charge in [-0.15, -0.1) is 4.52 Å². The van der Waals surface area contributed by atoms with Crippen molar-refractivity contribution in [3.8, 4) is 0 Å². The summed E-state index contributed by atoms with van der Waals surface area (Å²) < 4.78 is 13.4. The summed E-state index contributed by atoms with van der Waals surface area (Å²) in [5.74, 6) is -1.55. The third kappa shape index (κ3) is 4.02. The predicted octanol–water partition coefficient (Wildman–Crippen LogP) is -1.84. The molecule has 0 aromatic carbocycles. The fraction of sp³-hybridized carbons (Fsp3) is 0.667. The number of hydrogen-bond acceptors (Lipinski definition) is 5. The number of carboxylic acid groups (broad SMARTS) is 1. The molecule has 0 heterocycles. The third-order valence-electron chi connectivity index (χ3n) is 0.576. The van der Waals surface area contributed by atoms with E-state index in [-0.39, 0.29) is 0 Å². The molecule has 0 rings (SSSR count). The van der Waals surface area contributed by atoms with E-state index in [9.17, 15) is 19.4 Å². The Morgan fingerprint density at radius 1 is 1.78 bits per heavy atom. The predicted molar refractivity (Wildman–Crippen MR) is 23.2 cm³/mol. The second-order valence-electron chi connectivity index (χ2n) is 1.29. The number of hydrogen-bond donors (Lipinski definition) is 0. The zero-order valence-corrected chi connectivity index (χ0v) is 5.46. The quantitative estimate of drug-likeness (QED) is 0.442. The maximum atomic E-state index is 9.73. The minimum atomic E-state index is -3.09. The fourth-order valence-corrected chi connectivity index (χ4v) is 0.516. The summed E-state index contributed by atoms with van der Waals surface area (Å²) in [6, 6.07) is 0. The summed E-state index contributed by atoms with van der Waals surface area (Å²) in [4.78, 5) is 19.4. The molecule has 52 valence electrons. The number of carbonyl (C=O) groups excluding carboxylic acids is 1. The van der Waals surface area contributed by atoms with Crippen molar-refractivity contribution in [2.24, 2.45) is 0 Å². The lowest BCUT2D eigenvalue weighted by molar-refractivity contribution is -0.314. The number of rotatable bonds is 3. The van der Waals surface area contributed by atoms with Gasteiger partial charge in [-0.2, -0.15) is 0 Å². The molecular weight excluding hydrogens is 147 g/mol. The van der Waals surface area contributed by atoms with Crippen LogP contribution in [0.25, 0.3) is 0 Å².